The summed E-state index contributed by atoms with van der Waals surface area (Å²) in [4.78, 5) is 5.68. The second-order valence-electron chi connectivity index (χ2n) is 5.73. The Bertz CT molecular complexity index is 773. The quantitative estimate of drug-likeness (QED) is 0.460. The van der Waals surface area contributed by atoms with Crippen LogP contribution in [0.5, 0.6) is 0 Å². The summed E-state index contributed by atoms with van der Waals surface area (Å²) in [6.45, 7) is 4.13. The Morgan fingerprint density at radius 3 is 2.12 bits per heavy atom. The highest BCUT2D eigenvalue weighted by molar-refractivity contribution is 7.15. The lowest BCUT2D eigenvalue weighted by molar-refractivity contribution is 0.158. The molecule has 0 amide bonds. The molecule has 0 saturated heterocycles. The van der Waals surface area contributed by atoms with E-state index in [4.69, 9.17) is 27.9 Å². The van der Waals surface area contributed by atoms with Crippen LogP contribution in [0.25, 0.3) is 0 Å². The van der Waals surface area contributed by atoms with Crippen molar-refractivity contribution in [3.8, 4) is 0 Å². The summed E-state index contributed by atoms with van der Waals surface area (Å²) in [5, 5.41) is 5.67. The van der Waals surface area contributed by atoms with Gasteiger partial charge in [-0.2, -0.15) is 0 Å². The zero-order chi connectivity index (χ0) is 18.4. The number of aromatic nitrogens is 1. The van der Waals surface area contributed by atoms with Crippen LogP contribution >= 0.6 is 34.5 Å². The lowest BCUT2D eigenvalue weighted by Crippen LogP contribution is -2.08. The number of nitrogens with one attached hydrogen (secondary N) is 1. The molecular formula is C20H20Cl2N2OS. The van der Waals surface area contributed by atoms with Gasteiger partial charge in [0.2, 0.25) is 0 Å². The van der Waals surface area contributed by atoms with Gasteiger partial charge in [0.15, 0.2) is 5.13 Å². The third-order valence-electron chi connectivity index (χ3n) is 3.94. The molecule has 1 aromatic heterocycles. The number of hydrogen-bond acceptors (Lipinski definition) is 4. The molecule has 1 heterocycles. The van der Waals surface area contributed by atoms with Crippen molar-refractivity contribution >= 4 is 39.7 Å². The SMILES string of the molecule is CCOCCNc1ncc(C(c2ccc(Cl)cc2)c2ccc(Cl)cc2)s1. The van der Waals surface area contributed by atoms with E-state index in [1.54, 1.807) is 11.3 Å². The van der Waals surface area contributed by atoms with Gasteiger partial charge in [0, 0.05) is 40.2 Å². The minimum atomic E-state index is 0.0875. The van der Waals surface area contributed by atoms with Gasteiger partial charge in [0.05, 0.1) is 6.61 Å². The van der Waals surface area contributed by atoms with Gasteiger partial charge < -0.3 is 10.1 Å². The van der Waals surface area contributed by atoms with Gasteiger partial charge >= 0.3 is 0 Å². The second-order valence-corrected chi connectivity index (χ2v) is 7.66. The molecule has 3 rings (SSSR count). The molecule has 0 aliphatic carbocycles. The van der Waals surface area contributed by atoms with Gasteiger partial charge in [-0.15, -0.1) is 11.3 Å². The first-order valence-electron chi connectivity index (χ1n) is 8.45. The van der Waals surface area contributed by atoms with Crippen LogP contribution in [0.2, 0.25) is 10.0 Å². The Kier molecular flexibility index (Phi) is 6.92. The molecule has 0 bridgehead atoms. The Morgan fingerprint density at radius 1 is 1.00 bits per heavy atom. The summed E-state index contributed by atoms with van der Waals surface area (Å²) < 4.78 is 5.36. The molecule has 1 N–H and O–H groups in total. The highest BCUT2D eigenvalue weighted by Gasteiger charge is 2.19. The van der Waals surface area contributed by atoms with Crippen LogP contribution in [0.1, 0.15) is 28.8 Å². The van der Waals surface area contributed by atoms with Crippen molar-refractivity contribution in [1.82, 2.24) is 4.98 Å². The van der Waals surface area contributed by atoms with Crippen molar-refractivity contribution in [2.75, 3.05) is 25.1 Å². The predicted molar refractivity (Wildman–Crippen MR) is 111 cm³/mol. The smallest absolute Gasteiger partial charge is 0.182 e. The third-order valence-corrected chi connectivity index (χ3v) is 5.47. The normalized spacial score (nSPS) is 11.1. The van der Waals surface area contributed by atoms with Crippen LogP contribution in [0.3, 0.4) is 0 Å². The minimum absolute atomic E-state index is 0.0875. The average Bonchev–Trinajstić information content (AvgIpc) is 3.11. The van der Waals surface area contributed by atoms with Crippen molar-refractivity contribution in [2.45, 2.75) is 12.8 Å². The second kappa shape index (κ2) is 9.38. The highest BCUT2D eigenvalue weighted by Crippen LogP contribution is 2.37. The molecule has 0 unspecified atom stereocenters. The molecular weight excluding hydrogens is 387 g/mol. The standard InChI is InChI=1S/C20H20Cl2N2OS/c1-2-25-12-11-23-20-24-13-18(26-20)19(14-3-7-16(21)8-4-14)15-5-9-17(22)10-6-15/h3-10,13,19H,2,11-12H2,1H3,(H,23,24). The molecule has 6 heteroatoms. The Labute approximate surface area is 168 Å². The monoisotopic (exact) mass is 406 g/mol. The zero-order valence-electron chi connectivity index (χ0n) is 14.4. The summed E-state index contributed by atoms with van der Waals surface area (Å²) in [6.07, 6.45) is 1.93. The van der Waals surface area contributed by atoms with Gasteiger partial charge in [-0.05, 0) is 42.3 Å². The topological polar surface area (TPSA) is 34.1 Å². The fraction of sp³-hybridized carbons (Fsp3) is 0.250. The van der Waals surface area contributed by atoms with Crippen LogP contribution in [0.15, 0.2) is 54.7 Å². The summed E-state index contributed by atoms with van der Waals surface area (Å²) in [7, 11) is 0. The van der Waals surface area contributed by atoms with Gasteiger partial charge in [0.1, 0.15) is 0 Å². The van der Waals surface area contributed by atoms with Crippen molar-refractivity contribution in [3.05, 3.63) is 80.8 Å². The molecule has 26 heavy (non-hydrogen) atoms. The number of rotatable bonds is 8. The van der Waals surface area contributed by atoms with Crippen molar-refractivity contribution < 1.29 is 4.74 Å². The number of hydrogen-bond donors (Lipinski definition) is 1. The fourth-order valence-corrected chi connectivity index (χ4v) is 3.96. The first-order valence-corrected chi connectivity index (χ1v) is 10.0. The van der Waals surface area contributed by atoms with Crippen LogP contribution in [-0.4, -0.2) is 24.7 Å². The molecule has 0 fully saturated rings. The van der Waals surface area contributed by atoms with E-state index >= 15 is 0 Å². The number of anilines is 1. The molecule has 2 aromatic carbocycles. The molecule has 0 saturated carbocycles. The molecule has 0 radical (unpaired) electrons. The molecule has 0 spiro atoms. The van der Waals surface area contributed by atoms with Crippen LogP contribution in [-0.2, 0) is 4.74 Å². The van der Waals surface area contributed by atoms with E-state index in [0.29, 0.717) is 6.61 Å². The van der Waals surface area contributed by atoms with Crippen molar-refractivity contribution in [2.24, 2.45) is 0 Å². The first kappa shape index (κ1) is 19.2. The number of halogens is 2. The molecule has 3 nitrogen and oxygen atoms in total. The average molecular weight is 407 g/mol. The lowest BCUT2D eigenvalue weighted by atomic mass is 9.90. The van der Waals surface area contributed by atoms with E-state index in [9.17, 15) is 0 Å². The minimum Gasteiger partial charge on any atom is -0.380 e. The summed E-state index contributed by atoms with van der Waals surface area (Å²) >= 11 is 13.8. The van der Waals surface area contributed by atoms with Crippen molar-refractivity contribution in [3.63, 3.8) is 0 Å². The zero-order valence-corrected chi connectivity index (χ0v) is 16.7. The highest BCUT2D eigenvalue weighted by atomic mass is 35.5. The summed E-state index contributed by atoms with van der Waals surface area (Å²) in [6, 6.07) is 15.9. The number of thiazole rings is 1. The Morgan fingerprint density at radius 2 is 1.58 bits per heavy atom. The van der Waals surface area contributed by atoms with E-state index < -0.39 is 0 Å². The van der Waals surface area contributed by atoms with Crippen molar-refractivity contribution in [1.29, 1.82) is 0 Å². The summed E-state index contributed by atoms with van der Waals surface area (Å²) in [5.74, 6) is 0.0875. The lowest BCUT2D eigenvalue weighted by Gasteiger charge is -2.16. The third kappa shape index (κ3) is 4.98. The number of ether oxygens (including phenoxy) is 1. The van der Waals surface area contributed by atoms with E-state index in [1.807, 2.05) is 37.4 Å². The van der Waals surface area contributed by atoms with Gasteiger partial charge in [-0.3, -0.25) is 0 Å². The van der Waals surface area contributed by atoms with E-state index in [0.717, 1.165) is 33.2 Å². The molecule has 136 valence electrons. The fourth-order valence-electron chi connectivity index (χ4n) is 2.71. The van der Waals surface area contributed by atoms with Crippen LogP contribution < -0.4 is 5.32 Å². The maximum absolute atomic E-state index is 6.07. The summed E-state index contributed by atoms with van der Waals surface area (Å²) in [5.41, 5.74) is 2.34. The maximum Gasteiger partial charge on any atom is 0.182 e. The predicted octanol–water partition coefficient (Wildman–Crippen LogP) is 6.08. The largest absolute Gasteiger partial charge is 0.380 e. The number of nitrogens with zero attached hydrogens (tertiary/aromatic N) is 1. The van der Waals surface area contributed by atoms with E-state index in [1.165, 1.54) is 11.1 Å². The molecule has 3 aromatic rings. The number of benzene rings is 2. The molecule has 0 aliphatic rings. The molecule has 0 atom stereocenters. The maximum atomic E-state index is 6.07. The van der Waals surface area contributed by atoms with Gasteiger partial charge in [0.25, 0.3) is 0 Å². The van der Waals surface area contributed by atoms with Crippen LogP contribution in [0, 0.1) is 0 Å². The van der Waals surface area contributed by atoms with E-state index in [-0.39, 0.29) is 5.92 Å². The van der Waals surface area contributed by atoms with Gasteiger partial charge in [-0.25, -0.2) is 4.98 Å². The van der Waals surface area contributed by atoms with Gasteiger partial charge in [-0.1, -0.05) is 47.5 Å². The molecule has 0 aliphatic heterocycles. The first-order chi connectivity index (χ1) is 12.7. The van der Waals surface area contributed by atoms with E-state index in [2.05, 4.69) is 34.6 Å². The Balaban J connectivity index is 1.87. The van der Waals surface area contributed by atoms with Crippen LogP contribution in [0.4, 0.5) is 5.13 Å². The Hall–Kier alpha value is -1.59.